The van der Waals surface area contributed by atoms with Crippen molar-refractivity contribution in [2.75, 3.05) is 6.61 Å². The summed E-state index contributed by atoms with van der Waals surface area (Å²) in [4.78, 5) is 4.68. The number of alkyl halides is 1. The number of aromatic nitrogens is 2. The van der Waals surface area contributed by atoms with Crippen molar-refractivity contribution in [1.29, 1.82) is 0 Å². The minimum atomic E-state index is -0.107. The highest BCUT2D eigenvalue weighted by molar-refractivity contribution is 9.10. The van der Waals surface area contributed by atoms with Crippen LogP contribution in [-0.4, -0.2) is 22.3 Å². The Morgan fingerprint density at radius 1 is 1.50 bits per heavy atom. The zero-order valence-corrected chi connectivity index (χ0v) is 13.8. The summed E-state index contributed by atoms with van der Waals surface area (Å²) in [5.74, 6) is 0.925. The fraction of sp³-hybridized carbons (Fsp3) is 0.533. The number of benzene rings is 1. The smallest absolute Gasteiger partial charge is 0.127 e. The lowest BCUT2D eigenvalue weighted by Gasteiger charge is -2.24. The number of halogens is 2. The van der Waals surface area contributed by atoms with Crippen molar-refractivity contribution in [2.24, 2.45) is 0 Å². The zero-order valence-electron chi connectivity index (χ0n) is 11.5. The van der Waals surface area contributed by atoms with E-state index < -0.39 is 0 Å². The van der Waals surface area contributed by atoms with Crippen molar-refractivity contribution >= 4 is 38.6 Å². The second-order valence-corrected chi connectivity index (χ2v) is 6.89. The average Bonchev–Trinajstić information content (AvgIpc) is 2.78. The lowest BCUT2D eigenvalue weighted by Crippen LogP contribution is -2.25. The molecule has 0 radical (unpaired) electrons. The third-order valence-electron chi connectivity index (χ3n) is 3.76. The van der Waals surface area contributed by atoms with E-state index in [-0.39, 0.29) is 11.5 Å². The third kappa shape index (κ3) is 2.87. The van der Waals surface area contributed by atoms with Crippen LogP contribution in [0.1, 0.15) is 37.4 Å². The standard InChI is InChI=1S/C15H18BrClN2O/c1-10(17)15-18-13-8-11(16)5-6-14(13)19(15)9-12-4-2-3-7-20-12/h5-6,8,10,12H,2-4,7,9H2,1H3. The summed E-state index contributed by atoms with van der Waals surface area (Å²) in [7, 11) is 0. The van der Waals surface area contributed by atoms with E-state index in [0.717, 1.165) is 40.9 Å². The van der Waals surface area contributed by atoms with Crippen molar-refractivity contribution < 1.29 is 4.74 Å². The maximum atomic E-state index is 6.30. The average molecular weight is 358 g/mol. The highest BCUT2D eigenvalue weighted by Gasteiger charge is 2.20. The lowest BCUT2D eigenvalue weighted by atomic mass is 10.1. The number of rotatable bonds is 3. The van der Waals surface area contributed by atoms with Gasteiger partial charge in [0.2, 0.25) is 0 Å². The maximum absolute atomic E-state index is 6.30. The van der Waals surface area contributed by atoms with E-state index in [1.165, 1.54) is 12.8 Å². The van der Waals surface area contributed by atoms with E-state index in [0.29, 0.717) is 0 Å². The molecule has 108 valence electrons. The Morgan fingerprint density at radius 2 is 2.35 bits per heavy atom. The molecule has 2 aromatic rings. The van der Waals surface area contributed by atoms with Gasteiger partial charge in [0.1, 0.15) is 5.82 Å². The van der Waals surface area contributed by atoms with Crippen molar-refractivity contribution in [2.45, 2.75) is 44.2 Å². The number of imidazole rings is 1. The van der Waals surface area contributed by atoms with Crippen LogP contribution in [0.25, 0.3) is 11.0 Å². The molecule has 2 atom stereocenters. The van der Waals surface area contributed by atoms with Crippen LogP contribution in [0.5, 0.6) is 0 Å². The van der Waals surface area contributed by atoms with Gasteiger partial charge in [0.25, 0.3) is 0 Å². The highest BCUT2D eigenvalue weighted by Crippen LogP contribution is 2.28. The quantitative estimate of drug-likeness (QED) is 0.747. The van der Waals surface area contributed by atoms with E-state index in [1.807, 2.05) is 19.1 Å². The predicted molar refractivity (Wildman–Crippen MR) is 85.3 cm³/mol. The molecule has 1 aliphatic rings. The van der Waals surface area contributed by atoms with Gasteiger partial charge in [-0.2, -0.15) is 0 Å². The normalized spacial score (nSPS) is 21.2. The first kappa shape index (κ1) is 14.4. The molecular weight excluding hydrogens is 340 g/mol. The van der Waals surface area contributed by atoms with Crippen molar-refractivity contribution in [3.05, 3.63) is 28.5 Å². The van der Waals surface area contributed by atoms with Crippen LogP contribution in [0.2, 0.25) is 0 Å². The van der Waals surface area contributed by atoms with Gasteiger partial charge >= 0.3 is 0 Å². The van der Waals surface area contributed by atoms with Gasteiger partial charge in [0.15, 0.2) is 0 Å². The van der Waals surface area contributed by atoms with Crippen LogP contribution in [0.4, 0.5) is 0 Å². The van der Waals surface area contributed by atoms with Crippen LogP contribution in [0.15, 0.2) is 22.7 Å². The van der Waals surface area contributed by atoms with Gasteiger partial charge in [-0.25, -0.2) is 4.98 Å². The molecule has 0 amide bonds. The number of ether oxygens (including phenoxy) is 1. The van der Waals surface area contributed by atoms with Gasteiger partial charge in [0.05, 0.1) is 29.1 Å². The monoisotopic (exact) mass is 356 g/mol. The molecule has 1 fully saturated rings. The van der Waals surface area contributed by atoms with Gasteiger partial charge in [-0.05, 0) is 44.4 Å². The molecule has 2 heterocycles. The summed E-state index contributed by atoms with van der Waals surface area (Å²) in [6.07, 6.45) is 3.81. The summed E-state index contributed by atoms with van der Waals surface area (Å²) in [6.45, 7) is 3.68. The number of hydrogen-bond donors (Lipinski definition) is 0. The van der Waals surface area contributed by atoms with Gasteiger partial charge < -0.3 is 9.30 Å². The van der Waals surface area contributed by atoms with Crippen molar-refractivity contribution in [3.63, 3.8) is 0 Å². The molecule has 0 aliphatic carbocycles. The van der Waals surface area contributed by atoms with Crippen LogP contribution in [0.3, 0.4) is 0 Å². The van der Waals surface area contributed by atoms with E-state index in [9.17, 15) is 0 Å². The van der Waals surface area contributed by atoms with Crippen LogP contribution in [0, 0.1) is 0 Å². The summed E-state index contributed by atoms with van der Waals surface area (Å²) < 4.78 is 9.11. The second kappa shape index (κ2) is 6.04. The van der Waals surface area contributed by atoms with Gasteiger partial charge in [0, 0.05) is 11.1 Å². The Labute approximate surface area is 132 Å². The summed E-state index contributed by atoms with van der Waals surface area (Å²) in [6, 6.07) is 6.18. The Bertz CT molecular complexity index is 605. The second-order valence-electron chi connectivity index (χ2n) is 5.32. The number of fused-ring (bicyclic) bond motifs is 1. The topological polar surface area (TPSA) is 27.1 Å². The fourth-order valence-electron chi connectivity index (χ4n) is 2.77. The Balaban J connectivity index is 1.99. The van der Waals surface area contributed by atoms with E-state index in [2.05, 4.69) is 31.5 Å². The molecule has 3 nitrogen and oxygen atoms in total. The van der Waals surface area contributed by atoms with Gasteiger partial charge in [-0.1, -0.05) is 15.9 Å². The maximum Gasteiger partial charge on any atom is 0.127 e. The molecule has 5 heteroatoms. The molecule has 3 rings (SSSR count). The SMILES string of the molecule is CC(Cl)c1nc2cc(Br)ccc2n1CC1CCCCO1. The molecule has 20 heavy (non-hydrogen) atoms. The van der Waals surface area contributed by atoms with Crippen molar-refractivity contribution in [1.82, 2.24) is 9.55 Å². The first-order valence-corrected chi connectivity index (χ1v) is 8.29. The predicted octanol–water partition coefficient (Wildman–Crippen LogP) is 4.67. The molecule has 1 saturated heterocycles. The lowest BCUT2D eigenvalue weighted by molar-refractivity contribution is 0.00619. The summed E-state index contributed by atoms with van der Waals surface area (Å²) in [5, 5.41) is -0.107. The van der Waals surface area contributed by atoms with Crippen LogP contribution >= 0.6 is 27.5 Å². The van der Waals surface area contributed by atoms with Crippen molar-refractivity contribution in [3.8, 4) is 0 Å². The first-order chi connectivity index (χ1) is 9.65. The third-order valence-corrected chi connectivity index (χ3v) is 4.44. The van der Waals surface area contributed by atoms with Gasteiger partial charge in [-0.3, -0.25) is 0 Å². The molecule has 1 aromatic carbocycles. The Morgan fingerprint density at radius 3 is 3.05 bits per heavy atom. The van der Waals surface area contributed by atoms with E-state index >= 15 is 0 Å². The van der Waals surface area contributed by atoms with E-state index in [4.69, 9.17) is 16.3 Å². The minimum Gasteiger partial charge on any atom is -0.376 e. The molecule has 2 unspecified atom stereocenters. The Kier molecular flexibility index (Phi) is 4.34. The van der Waals surface area contributed by atoms with Crippen LogP contribution < -0.4 is 0 Å². The highest BCUT2D eigenvalue weighted by atomic mass is 79.9. The molecule has 0 spiro atoms. The molecule has 0 saturated carbocycles. The van der Waals surface area contributed by atoms with E-state index in [1.54, 1.807) is 0 Å². The molecule has 1 aromatic heterocycles. The number of hydrogen-bond acceptors (Lipinski definition) is 2. The van der Waals surface area contributed by atoms with Crippen LogP contribution in [-0.2, 0) is 11.3 Å². The van der Waals surface area contributed by atoms with Gasteiger partial charge in [-0.15, -0.1) is 11.6 Å². The zero-order chi connectivity index (χ0) is 14.1. The minimum absolute atomic E-state index is 0.107. The Hall–Kier alpha value is -0.580. The largest absolute Gasteiger partial charge is 0.376 e. The molecule has 0 N–H and O–H groups in total. The fourth-order valence-corrected chi connectivity index (χ4v) is 3.29. The first-order valence-electron chi connectivity index (χ1n) is 7.06. The summed E-state index contributed by atoms with van der Waals surface area (Å²) >= 11 is 9.80. The summed E-state index contributed by atoms with van der Waals surface area (Å²) in [5.41, 5.74) is 2.11. The molecular formula is C15H18BrClN2O. The number of nitrogens with zero attached hydrogens (tertiary/aromatic N) is 2. The molecule has 0 bridgehead atoms. The molecule has 1 aliphatic heterocycles.